The lowest BCUT2D eigenvalue weighted by atomic mass is 10.1. The molecule has 0 atom stereocenters. The maximum atomic E-state index is 12.1. The van der Waals surface area contributed by atoms with Gasteiger partial charge in [0.05, 0.1) is 0 Å². The molecule has 1 fully saturated rings. The van der Waals surface area contributed by atoms with Crippen molar-refractivity contribution in [1.29, 1.82) is 0 Å². The van der Waals surface area contributed by atoms with Crippen LogP contribution in [0, 0.1) is 6.92 Å². The summed E-state index contributed by atoms with van der Waals surface area (Å²) >= 11 is 0. The van der Waals surface area contributed by atoms with Gasteiger partial charge in [0.25, 0.3) is 5.91 Å². The van der Waals surface area contributed by atoms with E-state index in [2.05, 4.69) is 10.6 Å². The fraction of sp³-hybridized carbons (Fsp3) is 0.500. The van der Waals surface area contributed by atoms with Crippen LogP contribution in [0.25, 0.3) is 0 Å². The highest BCUT2D eigenvalue weighted by molar-refractivity contribution is 7.85. The Bertz CT molecular complexity index is 492. The molecule has 5 heteroatoms. The second-order valence-electron chi connectivity index (χ2n) is 4.88. The van der Waals surface area contributed by atoms with E-state index in [1.54, 1.807) is 0 Å². The molecule has 1 aliphatic heterocycles. The standard InChI is InChI=1S/C14H20N2O2S/c1-10-9-11(3-4-13(10)15-2)14(17)16-12-5-7-19(18)8-6-12/h3-4,9,12,15H,5-8H2,1-2H3,(H,16,17). The minimum atomic E-state index is -0.688. The molecule has 0 aromatic heterocycles. The normalized spacial score (nSPS) is 22.8. The Hall–Kier alpha value is -1.36. The molecule has 1 aliphatic rings. The van der Waals surface area contributed by atoms with Crippen LogP contribution in [0.15, 0.2) is 18.2 Å². The van der Waals surface area contributed by atoms with E-state index in [0.29, 0.717) is 17.1 Å². The Balaban J connectivity index is 2.00. The topological polar surface area (TPSA) is 58.2 Å². The van der Waals surface area contributed by atoms with Crippen molar-refractivity contribution in [3.05, 3.63) is 29.3 Å². The number of carbonyl (C=O) groups is 1. The molecule has 4 nitrogen and oxygen atoms in total. The minimum absolute atomic E-state index is 0.0385. The van der Waals surface area contributed by atoms with Gasteiger partial charge in [-0.05, 0) is 43.5 Å². The first-order valence-electron chi connectivity index (χ1n) is 6.54. The highest BCUT2D eigenvalue weighted by Gasteiger charge is 2.20. The highest BCUT2D eigenvalue weighted by atomic mass is 32.2. The van der Waals surface area contributed by atoms with Crippen molar-refractivity contribution >= 4 is 22.4 Å². The maximum absolute atomic E-state index is 12.1. The quantitative estimate of drug-likeness (QED) is 0.885. The Labute approximate surface area is 116 Å². The van der Waals surface area contributed by atoms with Crippen LogP contribution in [0.3, 0.4) is 0 Å². The third-order valence-electron chi connectivity index (χ3n) is 3.48. The maximum Gasteiger partial charge on any atom is 0.251 e. The highest BCUT2D eigenvalue weighted by Crippen LogP contribution is 2.16. The molecule has 0 saturated carbocycles. The van der Waals surface area contributed by atoms with Crippen LogP contribution in [0.1, 0.15) is 28.8 Å². The van der Waals surface area contributed by atoms with Gasteiger partial charge in [-0.2, -0.15) is 0 Å². The molecular weight excluding hydrogens is 260 g/mol. The molecule has 2 N–H and O–H groups in total. The summed E-state index contributed by atoms with van der Waals surface area (Å²) in [4.78, 5) is 12.1. The van der Waals surface area contributed by atoms with E-state index in [1.165, 1.54) is 0 Å². The summed E-state index contributed by atoms with van der Waals surface area (Å²) < 4.78 is 11.3. The fourth-order valence-corrected chi connectivity index (χ4v) is 3.59. The zero-order chi connectivity index (χ0) is 13.8. The van der Waals surface area contributed by atoms with Crippen LogP contribution in [0.5, 0.6) is 0 Å². The van der Waals surface area contributed by atoms with Gasteiger partial charge in [0.2, 0.25) is 0 Å². The molecule has 1 saturated heterocycles. The monoisotopic (exact) mass is 280 g/mol. The summed E-state index contributed by atoms with van der Waals surface area (Å²) in [6, 6.07) is 5.80. The number of aryl methyl sites for hydroxylation is 1. The van der Waals surface area contributed by atoms with Gasteiger partial charge in [-0.3, -0.25) is 9.00 Å². The molecule has 1 heterocycles. The van der Waals surface area contributed by atoms with Gasteiger partial charge >= 0.3 is 0 Å². The Morgan fingerprint density at radius 1 is 1.32 bits per heavy atom. The molecule has 2 rings (SSSR count). The van der Waals surface area contributed by atoms with Gasteiger partial charge in [0.15, 0.2) is 0 Å². The molecular formula is C14H20N2O2S. The van der Waals surface area contributed by atoms with Gasteiger partial charge < -0.3 is 10.6 Å². The zero-order valence-electron chi connectivity index (χ0n) is 11.4. The van der Waals surface area contributed by atoms with Crippen LogP contribution < -0.4 is 10.6 Å². The van der Waals surface area contributed by atoms with Gasteiger partial charge in [0.1, 0.15) is 0 Å². The fourth-order valence-electron chi connectivity index (χ4n) is 2.29. The number of hydrogen-bond donors (Lipinski definition) is 2. The molecule has 1 aromatic carbocycles. The lowest BCUT2D eigenvalue weighted by molar-refractivity contribution is 0.0934. The van der Waals surface area contributed by atoms with Crippen molar-refractivity contribution in [3.63, 3.8) is 0 Å². The molecule has 0 unspecified atom stereocenters. The van der Waals surface area contributed by atoms with E-state index < -0.39 is 10.8 Å². The van der Waals surface area contributed by atoms with Crippen molar-refractivity contribution in [1.82, 2.24) is 5.32 Å². The first kappa shape index (κ1) is 14.1. The second kappa shape index (κ2) is 6.19. The van der Waals surface area contributed by atoms with Crippen molar-refractivity contribution < 1.29 is 9.00 Å². The van der Waals surface area contributed by atoms with Crippen molar-refractivity contribution in [2.24, 2.45) is 0 Å². The SMILES string of the molecule is CNc1ccc(C(=O)NC2CCS(=O)CC2)cc1C. The number of amides is 1. The number of rotatable bonds is 3. The van der Waals surface area contributed by atoms with E-state index >= 15 is 0 Å². The number of anilines is 1. The van der Waals surface area contributed by atoms with Crippen LogP contribution in [0.4, 0.5) is 5.69 Å². The van der Waals surface area contributed by atoms with Crippen LogP contribution in [-0.2, 0) is 10.8 Å². The lowest BCUT2D eigenvalue weighted by Crippen LogP contribution is -2.39. The Kier molecular flexibility index (Phi) is 4.58. The van der Waals surface area contributed by atoms with Crippen LogP contribution in [-0.4, -0.2) is 34.7 Å². The van der Waals surface area contributed by atoms with Crippen molar-refractivity contribution in [2.75, 3.05) is 23.9 Å². The Morgan fingerprint density at radius 2 is 2.00 bits per heavy atom. The van der Waals surface area contributed by atoms with Gasteiger partial charge in [-0.1, -0.05) is 0 Å². The number of hydrogen-bond acceptors (Lipinski definition) is 3. The summed E-state index contributed by atoms with van der Waals surface area (Å²) in [7, 11) is 1.18. The van der Waals surface area contributed by atoms with Gasteiger partial charge in [-0.15, -0.1) is 0 Å². The van der Waals surface area contributed by atoms with E-state index in [-0.39, 0.29) is 11.9 Å². The van der Waals surface area contributed by atoms with E-state index in [9.17, 15) is 9.00 Å². The second-order valence-corrected chi connectivity index (χ2v) is 6.57. The predicted octanol–water partition coefficient (Wildman–Crippen LogP) is 1.68. The molecule has 104 valence electrons. The first-order chi connectivity index (χ1) is 9.10. The largest absolute Gasteiger partial charge is 0.388 e. The Morgan fingerprint density at radius 3 is 2.58 bits per heavy atom. The zero-order valence-corrected chi connectivity index (χ0v) is 12.2. The summed E-state index contributed by atoms with van der Waals surface area (Å²) in [6.45, 7) is 1.98. The van der Waals surface area contributed by atoms with E-state index in [1.807, 2.05) is 32.2 Å². The smallest absolute Gasteiger partial charge is 0.251 e. The lowest BCUT2D eigenvalue weighted by Gasteiger charge is -2.22. The average Bonchev–Trinajstić information content (AvgIpc) is 2.41. The summed E-state index contributed by atoms with van der Waals surface area (Å²) in [5.41, 5.74) is 2.77. The third-order valence-corrected chi connectivity index (χ3v) is 4.86. The first-order valence-corrected chi connectivity index (χ1v) is 8.03. The molecule has 0 bridgehead atoms. The third kappa shape index (κ3) is 3.56. The molecule has 1 amide bonds. The number of nitrogens with one attached hydrogen (secondary N) is 2. The van der Waals surface area contributed by atoms with Crippen molar-refractivity contribution in [2.45, 2.75) is 25.8 Å². The predicted molar refractivity (Wildman–Crippen MR) is 79.1 cm³/mol. The summed E-state index contributed by atoms with van der Waals surface area (Å²) in [5.74, 6) is 1.36. The molecule has 1 aromatic rings. The summed E-state index contributed by atoms with van der Waals surface area (Å²) in [6.07, 6.45) is 1.62. The van der Waals surface area contributed by atoms with Crippen molar-refractivity contribution in [3.8, 4) is 0 Å². The average molecular weight is 280 g/mol. The molecule has 0 spiro atoms. The van der Waals surface area contributed by atoms with E-state index in [4.69, 9.17) is 0 Å². The van der Waals surface area contributed by atoms with Crippen LogP contribution >= 0.6 is 0 Å². The molecule has 19 heavy (non-hydrogen) atoms. The van der Waals surface area contributed by atoms with Gasteiger partial charge in [0, 0.05) is 46.6 Å². The van der Waals surface area contributed by atoms with Gasteiger partial charge in [-0.25, -0.2) is 0 Å². The number of benzene rings is 1. The number of carbonyl (C=O) groups excluding carboxylic acids is 1. The molecule has 0 radical (unpaired) electrons. The van der Waals surface area contributed by atoms with E-state index in [0.717, 1.165) is 24.1 Å². The minimum Gasteiger partial charge on any atom is -0.388 e. The summed E-state index contributed by atoms with van der Waals surface area (Å²) in [5, 5.41) is 6.11. The molecule has 0 aliphatic carbocycles. The van der Waals surface area contributed by atoms with Crippen LogP contribution in [0.2, 0.25) is 0 Å².